The number of pyridine rings is 1. The number of amides is 1. The van der Waals surface area contributed by atoms with Gasteiger partial charge in [-0.1, -0.05) is 0 Å². The van der Waals surface area contributed by atoms with E-state index < -0.39 is 30.1 Å². The van der Waals surface area contributed by atoms with Gasteiger partial charge in [-0.3, -0.25) is 9.78 Å². The number of nitrogens with zero attached hydrogens (tertiary/aromatic N) is 1. The van der Waals surface area contributed by atoms with Gasteiger partial charge in [-0.2, -0.15) is 0 Å². The second kappa shape index (κ2) is 6.56. The molecule has 2 rings (SSSR count). The quantitative estimate of drug-likeness (QED) is 0.877. The molecular formula is C14H10F2N2O3. The molecule has 108 valence electrons. The first-order chi connectivity index (χ1) is 10.1. The zero-order valence-electron chi connectivity index (χ0n) is 10.7. The third-order valence-corrected chi connectivity index (χ3v) is 2.45. The fourth-order valence-electron chi connectivity index (χ4n) is 1.48. The van der Waals surface area contributed by atoms with Gasteiger partial charge >= 0.3 is 5.97 Å². The molecule has 7 heteroatoms. The van der Waals surface area contributed by atoms with Crippen LogP contribution in [0.2, 0.25) is 0 Å². The summed E-state index contributed by atoms with van der Waals surface area (Å²) < 4.78 is 31.0. The SMILES string of the molecule is O=C(COC(=O)c1ccncc1)Nc1cc(F)ccc1F. The standard InChI is InChI=1S/C14H10F2N2O3/c15-10-1-2-11(16)12(7-10)18-13(19)8-21-14(20)9-3-5-17-6-4-9/h1-7H,8H2,(H,18,19). The molecule has 0 aliphatic rings. The van der Waals surface area contributed by atoms with Crippen LogP contribution in [0.3, 0.4) is 0 Å². The molecule has 21 heavy (non-hydrogen) atoms. The number of ether oxygens (including phenoxy) is 1. The maximum Gasteiger partial charge on any atom is 0.338 e. The lowest BCUT2D eigenvalue weighted by atomic mass is 10.3. The summed E-state index contributed by atoms with van der Waals surface area (Å²) in [5, 5.41) is 2.11. The van der Waals surface area contributed by atoms with Crippen molar-refractivity contribution in [1.82, 2.24) is 4.98 Å². The van der Waals surface area contributed by atoms with Gasteiger partial charge in [0, 0.05) is 18.5 Å². The van der Waals surface area contributed by atoms with Gasteiger partial charge < -0.3 is 10.1 Å². The number of carbonyl (C=O) groups excluding carboxylic acids is 2. The summed E-state index contributed by atoms with van der Waals surface area (Å²) in [6, 6.07) is 5.49. The fourth-order valence-corrected chi connectivity index (χ4v) is 1.48. The molecule has 0 saturated carbocycles. The van der Waals surface area contributed by atoms with Crippen LogP contribution in [0.15, 0.2) is 42.7 Å². The average Bonchev–Trinajstić information content (AvgIpc) is 2.49. The first-order valence-electron chi connectivity index (χ1n) is 5.88. The van der Waals surface area contributed by atoms with Crippen LogP contribution in [0, 0.1) is 11.6 Å². The molecule has 1 aromatic heterocycles. The average molecular weight is 292 g/mol. The van der Waals surface area contributed by atoms with Crippen LogP contribution in [-0.2, 0) is 9.53 Å². The van der Waals surface area contributed by atoms with Gasteiger partial charge in [-0.05, 0) is 24.3 Å². The molecule has 1 N–H and O–H groups in total. The summed E-state index contributed by atoms with van der Waals surface area (Å²) >= 11 is 0. The van der Waals surface area contributed by atoms with E-state index >= 15 is 0 Å². The van der Waals surface area contributed by atoms with Gasteiger partial charge in [0.1, 0.15) is 11.6 Å². The van der Waals surface area contributed by atoms with Crippen LogP contribution in [0.1, 0.15) is 10.4 Å². The highest BCUT2D eigenvalue weighted by Gasteiger charge is 2.12. The number of benzene rings is 1. The predicted octanol–water partition coefficient (Wildman–Crippen LogP) is 2.16. The lowest BCUT2D eigenvalue weighted by Crippen LogP contribution is -2.21. The van der Waals surface area contributed by atoms with Crippen LogP contribution in [0.4, 0.5) is 14.5 Å². The van der Waals surface area contributed by atoms with E-state index in [0.29, 0.717) is 0 Å². The fraction of sp³-hybridized carbons (Fsp3) is 0.0714. The van der Waals surface area contributed by atoms with Gasteiger partial charge in [0.25, 0.3) is 5.91 Å². The lowest BCUT2D eigenvalue weighted by Gasteiger charge is -2.07. The van der Waals surface area contributed by atoms with Crippen molar-refractivity contribution in [2.24, 2.45) is 0 Å². The number of nitrogens with one attached hydrogen (secondary N) is 1. The third kappa shape index (κ3) is 4.07. The third-order valence-electron chi connectivity index (χ3n) is 2.45. The Hall–Kier alpha value is -2.83. The number of rotatable bonds is 4. The molecule has 0 radical (unpaired) electrons. The van der Waals surface area contributed by atoms with Crippen molar-refractivity contribution < 1.29 is 23.1 Å². The van der Waals surface area contributed by atoms with Crippen molar-refractivity contribution in [3.8, 4) is 0 Å². The molecule has 1 aromatic carbocycles. The summed E-state index contributed by atoms with van der Waals surface area (Å²) in [6.07, 6.45) is 2.80. The van der Waals surface area contributed by atoms with E-state index in [-0.39, 0.29) is 11.3 Å². The van der Waals surface area contributed by atoms with Crippen molar-refractivity contribution in [3.05, 3.63) is 59.9 Å². The summed E-state index contributed by atoms with van der Waals surface area (Å²) in [4.78, 5) is 26.8. The molecule has 0 spiro atoms. The summed E-state index contributed by atoms with van der Waals surface area (Å²) in [6.45, 7) is -0.614. The van der Waals surface area contributed by atoms with E-state index in [1.165, 1.54) is 24.5 Å². The van der Waals surface area contributed by atoms with Gasteiger partial charge in [0.05, 0.1) is 11.3 Å². The van der Waals surface area contributed by atoms with E-state index in [0.717, 1.165) is 18.2 Å². The minimum atomic E-state index is -0.787. The van der Waals surface area contributed by atoms with Crippen molar-refractivity contribution in [3.63, 3.8) is 0 Å². The normalized spacial score (nSPS) is 10.0. The molecular weight excluding hydrogens is 282 g/mol. The molecule has 0 bridgehead atoms. The number of carbonyl (C=O) groups is 2. The van der Waals surface area contributed by atoms with Gasteiger partial charge in [0.15, 0.2) is 6.61 Å². The van der Waals surface area contributed by atoms with E-state index in [2.05, 4.69) is 10.3 Å². The lowest BCUT2D eigenvalue weighted by molar-refractivity contribution is -0.119. The highest BCUT2D eigenvalue weighted by atomic mass is 19.1. The molecule has 0 aliphatic carbocycles. The minimum Gasteiger partial charge on any atom is -0.452 e. The molecule has 0 aliphatic heterocycles. The van der Waals surface area contributed by atoms with Gasteiger partial charge in [0.2, 0.25) is 0 Å². The molecule has 2 aromatic rings. The maximum atomic E-state index is 13.3. The second-order valence-electron chi connectivity index (χ2n) is 3.98. The monoisotopic (exact) mass is 292 g/mol. The Balaban J connectivity index is 1.91. The zero-order chi connectivity index (χ0) is 15.2. The number of hydrogen-bond donors (Lipinski definition) is 1. The Labute approximate surface area is 118 Å². The number of anilines is 1. The van der Waals surface area contributed by atoms with Gasteiger partial charge in [-0.25, -0.2) is 13.6 Å². The topological polar surface area (TPSA) is 68.3 Å². The highest BCUT2D eigenvalue weighted by Crippen LogP contribution is 2.15. The van der Waals surface area contributed by atoms with Crippen molar-refractivity contribution in [1.29, 1.82) is 0 Å². The number of hydrogen-bond acceptors (Lipinski definition) is 4. The van der Waals surface area contributed by atoms with Crippen molar-refractivity contribution in [2.45, 2.75) is 0 Å². The van der Waals surface area contributed by atoms with Crippen LogP contribution in [0.25, 0.3) is 0 Å². The Morgan fingerprint density at radius 2 is 1.86 bits per heavy atom. The van der Waals surface area contributed by atoms with Crippen molar-refractivity contribution >= 4 is 17.6 Å². The van der Waals surface area contributed by atoms with E-state index in [4.69, 9.17) is 4.74 Å². The highest BCUT2D eigenvalue weighted by molar-refractivity contribution is 5.95. The first kappa shape index (κ1) is 14.6. The van der Waals surface area contributed by atoms with Gasteiger partial charge in [-0.15, -0.1) is 0 Å². The zero-order valence-corrected chi connectivity index (χ0v) is 10.7. The van der Waals surface area contributed by atoms with Crippen LogP contribution < -0.4 is 5.32 Å². The Kier molecular flexibility index (Phi) is 4.55. The second-order valence-corrected chi connectivity index (χ2v) is 3.98. The maximum absolute atomic E-state index is 13.3. The van der Waals surface area contributed by atoms with Crippen LogP contribution in [0.5, 0.6) is 0 Å². The first-order valence-corrected chi connectivity index (χ1v) is 5.88. The molecule has 0 atom stereocenters. The summed E-state index contributed by atoms with van der Waals surface area (Å²) in [5.41, 5.74) is -0.0882. The van der Waals surface area contributed by atoms with E-state index in [1.54, 1.807) is 0 Å². The van der Waals surface area contributed by atoms with Crippen molar-refractivity contribution in [2.75, 3.05) is 11.9 Å². The Morgan fingerprint density at radius 3 is 2.57 bits per heavy atom. The smallest absolute Gasteiger partial charge is 0.338 e. The Bertz CT molecular complexity index is 663. The van der Waals surface area contributed by atoms with E-state index in [9.17, 15) is 18.4 Å². The summed E-state index contributed by atoms with van der Waals surface area (Å²) in [5.74, 6) is -2.97. The number of esters is 1. The largest absolute Gasteiger partial charge is 0.452 e. The van der Waals surface area contributed by atoms with Crippen LogP contribution >= 0.6 is 0 Å². The number of halogens is 2. The summed E-state index contributed by atoms with van der Waals surface area (Å²) in [7, 11) is 0. The molecule has 1 amide bonds. The molecule has 1 heterocycles. The number of aromatic nitrogens is 1. The predicted molar refractivity (Wildman–Crippen MR) is 69.5 cm³/mol. The molecule has 0 fully saturated rings. The van der Waals surface area contributed by atoms with Crippen LogP contribution in [-0.4, -0.2) is 23.5 Å². The molecule has 0 saturated heterocycles. The van der Waals surface area contributed by atoms with E-state index in [1.807, 2.05) is 0 Å². The molecule has 0 unspecified atom stereocenters. The molecule has 5 nitrogen and oxygen atoms in total. The minimum absolute atomic E-state index is 0.231. The Morgan fingerprint density at radius 1 is 1.14 bits per heavy atom.